The molecule has 0 bridgehead atoms. The summed E-state index contributed by atoms with van der Waals surface area (Å²) in [5.74, 6) is -1.14. The van der Waals surface area contributed by atoms with Gasteiger partial charge in [-0.05, 0) is 62.4 Å². The lowest BCUT2D eigenvalue weighted by molar-refractivity contribution is -0.125. The van der Waals surface area contributed by atoms with Crippen LogP contribution in [0.15, 0.2) is 48.5 Å². The number of amides is 3. The van der Waals surface area contributed by atoms with Crippen molar-refractivity contribution in [2.75, 3.05) is 20.2 Å². The number of piperidine rings is 1. The summed E-state index contributed by atoms with van der Waals surface area (Å²) >= 11 is 0. The number of ether oxygens (including phenoxy) is 1. The van der Waals surface area contributed by atoms with Gasteiger partial charge in [0, 0.05) is 24.7 Å². The van der Waals surface area contributed by atoms with Crippen molar-refractivity contribution in [1.82, 2.24) is 15.5 Å². The maximum absolute atomic E-state index is 14.1. The van der Waals surface area contributed by atoms with Crippen molar-refractivity contribution in [2.24, 2.45) is 5.92 Å². The summed E-state index contributed by atoms with van der Waals surface area (Å²) in [6.07, 6.45) is 1.78. The average Bonchev–Trinajstić information content (AvgIpc) is 2.87. The zero-order valence-electron chi connectivity index (χ0n) is 19.8. The molecule has 1 aliphatic heterocycles. The van der Waals surface area contributed by atoms with Crippen LogP contribution in [0.4, 0.5) is 4.39 Å². The van der Waals surface area contributed by atoms with Crippen LogP contribution in [0.3, 0.4) is 0 Å². The van der Waals surface area contributed by atoms with Crippen LogP contribution in [-0.4, -0.2) is 54.9 Å². The molecule has 1 aliphatic rings. The van der Waals surface area contributed by atoms with Crippen LogP contribution in [0, 0.1) is 11.7 Å². The largest absolute Gasteiger partial charge is 0.497 e. The van der Waals surface area contributed by atoms with E-state index in [-0.39, 0.29) is 35.2 Å². The van der Waals surface area contributed by atoms with E-state index < -0.39 is 11.9 Å². The molecule has 2 N–H and O–H groups in total. The number of halogens is 1. The summed E-state index contributed by atoms with van der Waals surface area (Å²) in [5, 5.41) is 5.86. The molecule has 1 fully saturated rings. The van der Waals surface area contributed by atoms with Gasteiger partial charge in [0.25, 0.3) is 11.8 Å². The van der Waals surface area contributed by atoms with Crippen molar-refractivity contribution in [2.45, 2.75) is 45.2 Å². The average molecular weight is 470 g/mol. The van der Waals surface area contributed by atoms with Crippen molar-refractivity contribution in [3.63, 3.8) is 0 Å². The van der Waals surface area contributed by atoms with Crippen molar-refractivity contribution in [1.29, 1.82) is 0 Å². The summed E-state index contributed by atoms with van der Waals surface area (Å²) in [5.41, 5.74) is 0.436. The van der Waals surface area contributed by atoms with E-state index in [9.17, 15) is 18.8 Å². The molecule has 8 heteroatoms. The zero-order chi connectivity index (χ0) is 24.7. The molecule has 2 unspecified atom stereocenters. The molecule has 3 rings (SSSR count). The van der Waals surface area contributed by atoms with Crippen LogP contribution in [0.5, 0.6) is 5.75 Å². The van der Waals surface area contributed by atoms with Gasteiger partial charge in [0.1, 0.15) is 17.6 Å². The van der Waals surface area contributed by atoms with E-state index in [2.05, 4.69) is 10.6 Å². The Bertz CT molecular complexity index is 1020. The van der Waals surface area contributed by atoms with Crippen LogP contribution >= 0.6 is 0 Å². The number of carbonyl (C=O) groups is 3. The van der Waals surface area contributed by atoms with Crippen LogP contribution < -0.4 is 15.4 Å². The molecule has 2 aromatic rings. The maximum atomic E-state index is 14.1. The number of likely N-dealkylation sites (tertiary alicyclic amines) is 1. The fraction of sp³-hybridized carbons (Fsp3) is 0.423. The highest BCUT2D eigenvalue weighted by atomic mass is 19.1. The van der Waals surface area contributed by atoms with Gasteiger partial charge in [-0.15, -0.1) is 0 Å². The highest BCUT2D eigenvalue weighted by Gasteiger charge is 2.35. The first-order valence-electron chi connectivity index (χ1n) is 11.6. The Balaban J connectivity index is 1.72. The molecular weight excluding hydrogens is 437 g/mol. The number of carbonyl (C=O) groups excluding carboxylic acids is 3. The fourth-order valence-electron chi connectivity index (χ4n) is 4.06. The van der Waals surface area contributed by atoms with Gasteiger partial charge in [0.15, 0.2) is 0 Å². The second-order valence-electron chi connectivity index (χ2n) is 8.61. The van der Waals surface area contributed by atoms with Gasteiger partial charge in [0.05, 0.1) is 12.7 Å². The van der Waals surface area contributed by atoms with E-state index in [0.29, 0.717) is 37.2 Å². The minimum atomic E-state index is -0.751. The first-order valence-corrected chi connectivity index (χ1v) is 11.6. The molecule has 182 valence electrons. The standard InChI is InChI=1S/C26H32FN3O4/c1-4-17(2)28-25(32)23(29-24(31)19-8-7-9-20(16-19)34-3)18-12-14-30(15-13-18)26(33)21-10-5-6-11-22(21)27/h5-11,16-18,23H,4,12-15H2,1-3H3,(H,28,32)(H,29,31). The third kappa shape index (κ3) is 6.12. The SMILES string of the molecule is CCC(C)NC(=O)C(NC(=O)c1cccc(OC)c1)C1CCN(C(=O)c2ccccc2F)CC1. The number of methoxy groups -OCH3 is 1. The molecular formula is C26H32FN3O4. The van der Waals surface area contributed by atoms with E-state index in [1.165, 1.54) is 19.2 Å². The topological polar surface area (TPSA) is 87.7 Å². The maximum Gasteiger partial charge on any atom is 0.256 e. The van der Waals surface area contributed by atoms with Crippen LogP contribution in [0.25, 0.3) is 0 Å². The highest BCUT2D eigenvalue weighted by Crippen LogP contribution is 2.24. The molecule has 0 radical (unpaired) electrons. The van der Waals surface area contributed by atoms with Crippen LogP contribution in [-0.2, 0) is 4.79 Å². The molecule has 3 amide bonds. The number of nitrogens with one attached hydrogen (secondary N) is 2. The van der Waals surface area contributed by atoms with Crippen molar-refractivity contribution in [3.8, 4) is 5.75 Å². The van der Waals surface area contributed by atoms with E-state index in [0.717, 1.165) is 6.42 Å². The second kappa shape index (κ2) is 11.6. The summed E-state index contributed by atoms with van der Waals surface area (Å²) in [6.45, 7) is 4.63. The van der Waals surface area contributed by atoms with Gasteiger partial charge in [-0.1, -0.05) is 25.1 Å². The molecule has 2 aromatic carbocycles. The summed E-state index contributed by atoms with van der Waals surface area (Å²) in [6, 6.07) is 11.9. The van der Waals surface area contributed by atoms with Gasteiger partial charge >= 0.3 is 0 Å². The number of benzene rings is 2. The fourth-order valence-corrected chi connectivity index (χ4v) is 4.06. The first kappa shape index (κ1) is 25.2. The summed E-state index contributed by atoms with van der Waals surface area (Å²) in [4.78, 5) is 40.4. The Kier molecular flexibility index (Phi) is 8.62. The minimum Gasteiger partial charge on any atom is -0.497 e. The van der Waals surface area contributed by atoms with Crippen molar-refractivity contribution >= 4 is 17.7 Å². The first-order chi connectivity index (χ1) is 16.3. The Morgan fingerprint density at radius 3 is 2.44 bits per heavy atom. The second-order valence-corrected chi connectivity index (χ2v) is 8.61. The molecule has 1 saturated heterocycles. The van der Waals surface area contributed by atoms with Gasteiger partial charge < -0.3 is 20.3 Å². The lowest BCUT2D eigenvalue weighted by atomic mass is 9.88. The van der Waals surface area contributed by atoms with Crippen molar-refractivity contribution in [3.05, 3.63) is 65.5 Å². The normalized spacial score (nSPS) is 15.8. The lowest BCUT2D eigenvalue weighted by Crippen LogP contribution is -2.55. The third-order valence-corrected chi connectivity index (χ3v) is 6.30. The van der Waals surface area contributed by atoms with Gasteiger partial charge in [-0.2, -0.15) is 0 Å². The van der Waals surface area contributed by atoms with E-state index in [1.54, 1.807) is 41.3 Å². The highest BCUT2D eigenvalue weighted by molar-refractivity contribution is 5.98. The summed E-state index contributed by atoms with van der Waals surface area (Å²) < 4.78 is 19.3. The Morgan fingerprint density at radius 2 is 1.79 bits per heavy atom. The number of nitrogens with zero attached hydrogens (tertiary/aromatic N) is 1. The Hall–Kier alpha value is -3.42. The third-order valence-electron chi connectivity index (χ3n) is 6.30. The Morgan fingerprint density at radius 1 is 1.09 bits per heavy atom. The molecule has 1 heterocycles. The zero-order valence-corrected chi connectivity index (χ0v) is 19.8. The van der Waals surface area contributed by atoms with Gasteiger partial charge in [-0.25, -0.2) is 4.39 Å². The number of hydrogen-bond acceptors (Lipinski definition) is 4. The Labute approximate surface area is 199 Å². The predicted molar refractivity (Wildman–Crippen MR) is 127 cm³/mol. The molecule has 0 saturated carbocycles. The molecule has 0 aromatic heterocycles. The van der Waals surface area contributed by atoms with Crippen molar-refractivity contribution < 1.29 is 23.5 Å². The monoisotopic (exact) mass is 469 g/mol. The lowest BCUT2D eigenvalue weighted by Gasteiger charge is -2.36. The molecule has 7 nitrogen and oxygen atoms in total. The van der Waals surface area contributed by atoms with Crippen LogP contribution in [0.2, 0.25) is 0 Å². The van der Waals surface area contributed by atoms with E-state index in [1.807, 2.05) is 13.8 Å². The summed E-state index contributed by atoms with van der Waals surface area (Å²) in [7, 11) is 1.52. The van der Waals surface area contributed by atoms with E-state index in [4.69, 9.17) is 4.74 Å². The molecule has 0 aliphatic carbocycles. The minimum absolute atomic E-state index is 0.0357. The van der Waals surface area contributed by atoms with Gasteiger partial charge in [0.2, 0.25) is 5.91 Å². The van der Waals surface area contributed by atoms with Gasteiger partial charge in [-0.3, -0.25) is 14.4 Å². The molecule has 2 atom stereocenters. The quantitative estimate of drug-likeness (QED) is 0.620. The smallest absolute Gasteiger partial charge is 0.256 e. The predicted octanol–water partition coefficient (Wildman–Crippen LogP) is 3.40. The van der Waals surface area contributed by atoms with Crippen LogP contribution in [0.1, 0.15) is 53.8 Å². The number of hydrogen-bond donors (Lipinski definition) is 2. The molecule has 34 heavy (non-hydrogen) atoms. The number of rotatable bonds is 8. The van der Waals surface area contributed by atoms with E-state index >= 15 is 0 Å². The molecule has 0 spiro atoms.